The van der Waals surface area contributed by atoms with E-state index < -0.39 is 11.6 Å². The maximum atomic E-state index is 13.3. The van der Waals surface area contributed by atoms with Gasteiger partial charge in [0.05, 0.1) is 28.8 Å². The molecule has 0 spiro atoms. The Hall–Kier alpha value is -4.04. The fourth-order valence-electron chi connectivity index (χ4n) is 3.04. The summed E-state index contributed by atoms with van der Waals surface area (Å²) < 4.78 is 23.6. The molecule has 0 bridgehead atoms. The molecule has 0 aliphatic rings. The minimum absolute atomic E-state index is 0.287. The fourth-order valence-corrected chi connectivity index (χ4v) is 4.05. The summed E-state index contributed by atoms with van der Waals surface area (Å²) >= 11 is 1.35. The number of ether oxygens (including phenoxy) is 1. The lowest BCUT2D eigenvalue weighted by Crippen LogP contribution is -2.07. The number of hydrogen-bond donors (Lipinski definition) is 2. The van der Waals surface area contributed by atoms with Crippen LogP contribution in [-0.4, -0.2) is 33.3 Å². The fraction of sp³-hybridized carbons (Fsp3) is 0.190. The van der Waals surface area contributed by atoms with Gasteiger partial charge in [-0.15, -0.1) is 11.3 Å². The first-order valence-electron chi connectivity index (χ1n) is 9.65. The summed E-state index contributed by atoms with van der Waals surface area (Å²) in [5, 5.41) is 16.1. The lowest BCUT2D eigenvalue weighted by molar-refractivity contribution is 0.342. The number of rotatable bonds is 8. The van der Waals surface area contributed by atoms with E-state index in [1.807, 2.05) is 19.1 Å². The number of nitriles is 1. The second-order valence-electron chi connectivity index (χ2n) is 6.56. The van der Waals surface area contributed by atoms with Gasteiger partial charge in [-0.2, -0.15) is 5.26 Å². The van der Waals surface area contributed by atoms with Crippen LogP contribution in [0.1, 0.15) is 18.1 Å². The molecule has 0 atom stereocenters. The SMILES string of the molecule is CCOc1cc(-c2cc(NCCc3ccc(F)cc3C#N)ncn2)sc1-c1noc(=O)[nH]1. The summed E-state index contributed by atoms with van der Waals surface area (Å²) in [6.45, 7) is 2.80. The summed E-state index contributed by atoms with van der Waals surface area (Å²) in [6.07, 6.45) is 1.97. The number of aromatic nitrogens is 4. The Labute approximate surface area is 185 Å². The minimum Gasteiger partial charge on any atom is -0.492 e. The van der Waals surface area contributed by atoms with Crippen LogP contribution < -0.4 is 15.8 Å². The molecule has 4 aromatic rings. The van der Waals surface area contributed by atoms with Crippen molar-refractivity contribution in [1.29, 1.82) is 5.26 Å². The average Bonchev–Trinajstić information content (AvgIpc) is 3.41. The summed E-state index contributed by atoms with van der Waals surface area (Å²) in [7, 11) is 0. The number of aromatic amines is 1. The zero-order valence-corrected chi connectivity index (χ0v) is 17.7. The van der Waals surface area contributed by atoms with Gasteiger partial charge in [0, 0.05) is 18.7 Å². The van der Waals surface area contributed by atoms with Crippen molar-refractivity contribution in [2.45, 2.75) is 13.3 Å². The molecule has 0 radical (unpaired) electrons. The van der Waals surface area contributed by atoms with Gasteiger partial charge in [-0.3, -0.25) is 9.51 Å². The Morgan fingerprint density at radius 3 is 2.94 bits per heavy atom. The van der Waals surface area contributed by atoms with Gasteiger partial charge in [0.2, 0.25) is 0 Å². The van der Waals surface area contributed by atoms with Crippen molar-refractivity contribution < 1.29 is 13.7 Å². The van der Waals surface area contributed by atoms with E-state index in [2.05, 4.69) is 29.9 Å². The summed E-state index contributed by atoms with van der Waals surface area (Å²) in [6, 6.07) is 9.79. The normalized spacial score (nSPS) is 10.7. The molecule has 162 valence electrons. The first-order valence-corrected chi connectivity index (χ1v) is 10.5. The Bertz CT molecular complexity index is 1340. The first-order chi connectivity index (χ1) is 15.6. The van der Waals surface area contributed by atoms with E-state index >= 15 is 0 Å². The van der Waals surface area contributed by atoms with Gasteiger partial charge >= 0.3 is 5.76 Å². The monoisotopic (exact) mass is 452 g/mol. The quantitative estimate of drug-likeness (QED) is 0.415. The van der Waals surface area contributed by atoms with E-state index in [4.69, 9.17) is 4.74 Å². The van der Waals surface area contributed by atoms with Crippen LogP contribution in [0.2, 0.25) is 0 Å². The van der Waals surface area contributed by atoms with Gasteiger partial charge in [-0.05, 0) is 31.0 Å². The van der Waals surface area contributed by atoms with Gasteiger partial charge in [0.1, 0.15) is 28.6 Å². The van der Waals surface area contributed by atoms with Crippen LogP contribution in [0, 0.1) is 17.1 Å². The van der Waals surface area contributed by atoms with E-state index in [1.54, 1.807) is 12.1 Å². The van der Waals surface area contributed by atoms with Gasteiger partial charge in [-0.1, -0.05) is 11.2 Å². The number of H-pyrrole nitrogens is 1. The highest BCUT2D eigenvalue weighted by molar-refractivity contribution is 7.19. The number of halogens is 1. The Morgan fingerprint density at radius 1 is 1.31 bits per heavy atom. The molecule has 0 fully saturated rings. The molecule has 3 aromatic heterocycles. The van der Waals surface area contributed by atoms with Gasteiger partial charge in [0.15, 0.2) is 5.82 Å². The lowest BCUT2D eigenvalue weighted by atomic mass is 10.1. The third-order valence-corrected chi connectivity index (χ3v) is 5.61. The number of hydrogen-bond acceptors (Lipinski definition) is 9. The Morgan fingerprint density at radius 2 is 2.19 bits per heavy atom. The van der Waals surface area contributed by atoms with Crippen LogP contribution in [0.15, 0.2) is 46.0 Å². The van der Waals surface area contributed by atoms with Crippen LogP contribution in [-0.2, 0) is 6.42 Å². The highest BCUT2D eigenvalue weighted by Gasteiger charge is 2.18. The van der Waals surface area contributed by atoms with E-state index in [-0.39, 0.29) is 5.82 Å². The summed E-state index contributed by atoms with van der Waals surface area (Å²) in [5.74, 6) is 0.361. The average molecular weight is 452 g/mol. The van der Waals surface area contributed by atoms with E-state index in [0.717, 1.165) is 10.4 Å². The van der Waals surface area contributed by atoms with Crippen molar-refractivity contribution in [1.82, 2.24) is 20.1 Å². The van der Waals surface area contributed by atoms with Crippen molar-refractivity contribution in [3.05, 3.63) is 64.2 Å². The third kappa shape index (κ3) is 4.65. The number of anilines is 1. The van der Waals surface area contributed by atoms with E-state index in [9.17, 15) is 14.4 Å². The van der Waals surface area contributed by atoms with Crippen molar-refractivity contribution in [3.63, 3.8) is 0 Å². The topological polar surface area (TPSA) is 130 Å². The number of benzene rings is 1. The molecule has 0 aliphatic heterocycles. The predicted octanol–water partition coefficient (Wildman–Crippen LogP) is 3.61. The molecule has 0 saturated carbocycles. The minimum atomic E-state index is -0.647. The second-order valence-corrected chi connectivity index (χ2v) is 7.61. The first kappa shape index (κ1) is 21.2. The number of nitrogens with one attached hydrogen (secondary N) is 2. The highest BCUT2D eigenvalue weighted by Crippen LogP contribution is 2.41. The maximum Gasteiger partial charge on any atom is 0.439 e. The summed E-state index contributed by atoms with van der Waals surface area (Å²) in [5.41, 5.74) is 1.72. The van der Waals surface area contributed by atoms with Gasteiger partial charge in [-0.25, -0.2) is 19.2 Å². The second kappa shape index (κ2) is 9.40. The van der Waals surface area contributed by atoms with E-state index in [0.29, 0.717) is 47.3 Å². The number of thiophene rings is 1. The molecule has 4 rings (SSSR count). The lowest BCUT2D eigenvalue weighted by Gasteiger charge is -2.08. The zero-order chi connectivity index (χ0) is 22.5. The van der Waals surface area contributed by atoms with Crippen molar-refractivity contribution in [3.8, 4) is 33.1 Å². The van der Waals surface area contributed by atoms with Crippen LogP contribution in [0.3, 0.4) is 0 Å². The Balaban J connectivity index is 1.52. The van der Waals surface area contributed by atoms with Crippen LogP contribution in [0.5, 0.6) is 5.75 Å². The molecule has 9 nitrogen and oxygen atoms in total. The van der Waals surface area contributed by atoms with Crippen LogP contribution >= 0.6 is 11.3 Å². The molecule has 11 heteroatoms. The van der Waals surface area contributed by atoms with Crippen LogP contribution in [0.4, 0.5) is 10.2 Å². The smallest absolute Gasteiger partial charge is 0.439 e. The molecule has 1 aromatic carbocycles. The molecular formula is C21H17FN6O3S. The van der Waals surface area contributed by atoms with E-state index in [1.165, 1.54) is 29.8 Å². The molecular weight excluding hydrogens is 435 g/mol. The van der Waals surface area contributed by atoms with Crippen LogP contribution in [0.25, 0.3) is 21.3 Å². The molecule has 0 amide bonds. The number of nitrogens with zero attached hydrogens (tertiary/aromatic N) is 4. The summed E-state index contributed by atoms with van der Waals surface area (Å²) in [4.78, 5) is 23.8. The molecule has 0 aliphatic carbocycles. The molecule has 0 unspecified atom stereocenters. The standard InChI is InChI=1S/C21H17FN6O3S/c1-2-30-16-9-17(32-19(16)20-27-21(29)31-28-20)15-8-18(26-11-25-15)24-6-5-12-3-4-14(22)7-13(12)10-23/h3-4,7-9,11H,2,5-6H2,1H3,(H,24,25,26)(H,27,28,29). The molecule has 2 N–H and O–H groups in total. The van der Waals surface area contributed by atoms with Crippen molar-refractivity contribution in [2.24, 2.45) is 0 Å². The third-order valence-electron chi connectivity index (χ3n) is 4.47. The maximum absolute atomic E-state index is 13.3. The largest absolute Gasteiger partial charge is 0.492 e. The molecule has 3 heterocycles. The zero-order valence-electron chi connectivity index (χ0n) is 16.9. The molecule has 0 saturated heterocycles. The van der Waals surface area contributed by atoms with Gasteiger partial charge in [0.25, 0.3) is 0 Å². The highest BCUT2D eigenvalue weighted by atomic mass is 32.1. The predicted molar refractivity (Wildman–Crippen MR) is 116 cm³/mol. The molecule has 32 heavy (non-hydrogen) atoms. The van der Waals surface area contributed by atoms with Crippen molar-refractivity contribution in [2.75, 3.05) is 18.5 Å². The van der Waals surface area contributed by atoms with Crippen molar-refractivity contribution >= 4 is 17.2 Å². The Kier molecular flexibility index (Phi) is 6.23. The van der Waals surface area contributed by atoms with Gasteiger partial charge < -0.3 is 10.1 Å².